The van der Waals surface area contributed by atoms with Crippen molar-refractivity contribution < 1.29 is 24.0 Å². The number of nitrogens with one attached hydrogen (secondary N) is 2. The van der Waals surface area contributed by atoms with Crippen LogP contribution in [0.5, 0.6) is 0 Å². The standard InChI is InChI=1S/C29H29N3O5/c1-19-26(31-29(35)36-20(2)23-11-7-4-8-12-23)27(37-32-19)24-15-13-22(14-16-24)18-30-25(28(33)34)17-21-9-5-3-6-10-21/h3-16,20,25,30H,17-18H2,1-2H3,(H,31,35)(H,33,34). The molecule has 0 aliphatic carbocycles. The first-order valence-electron chi connectivity index (χ1n) is 12.0. The van der Waals surface area contributed by atoms with Crippen molar-refractivity contribution >= 4 is 17.7 Å². The van der Waals surface area contributed by atoms with Crippen molar-refractivity contribution in [2.24, 2.45) is 0 Å². The number of ether oxygens (including phenoxy) is 1. The lowest BCUT2D eigenvalue weighted by Gasteiger charge is -2.15. The van der Waals surface area contributed by atoms with Crippen LogP contribution in [0.15, 0.2) is 89.5 Å². The summed E-state index contributed by atoms with van der Waals surface area (Å²) in [7, 11) is 0. The smallest absolute Gasteiger partial charge is 0.412 e. The Bertz CT molecular complexity index is 1320. The SMILES string of the molecule is Cc1noc(-c2ccc(CNC(Cc3ccccc3)C(=O)O)cc2)c1NC(=O)OC(C)c1ccccc1. The number of anilines is 1. The Labute approximate surface area is 215 Å². The quantitative estimate of drug-likeness (QED) is 0.255. The molecule has 2 unspecified atom stereocenters. The number of aliphatic carboxylic acids is 1. The minimum absolute atomic E-state index is 0.383. The van der Waals surface area contributed by atoms with Gasteiger partial charge in [0.2, 0.25) is 0 Å². The molecule has 0 bridgehead atoms. The van der Waals surface area contributed by atoms with Crippen molar-refractivity contribution in [1.82, 2.24) is 10.5 Å². The summed E-state index contributed by atoms with van der Waals surface area (Å²) in [5, 5.41) is 19.5. The number of carbonyl (C=O) groups excluding carboxylic acids is 1. The van der Waals surface area contributed by atoms with Crippen LogP contribution in [0.4, 0.5) is 10.5 Å². The summed E-state index contributed by atoms with van der Waals surface area (Å²) in [6.07, 6.45) is -0.643. The van der Waals surface area contributed by atoms with Crippen LogP contribution in [0, 0.1) is 6.92 Å². The molecule has 1 amide bonds. The van der Waals surface area contributed by atoms with Crippen LogP contribution in [0.1, 0.15) is 35.4 Å². The van der Waals surface area contributed by atoms with E-state index in [1.54, 1.807) is 13.8 Å². The van der Waals surface area contributed by atoms with Gasteiger partial charge in [0.25, 0.3) is 0 Å². The highest BCUT2D eigenvalue weighted by Crippen LogP contribution is 2.31. The van der Waals surface area contributed by atoms with Crippen molar-refractivity contribution in [3.63, 3.8) is 0 Å². The molecule has 0 spiro atoms. The molecule has 1 heterocycles. The Hall–Kier alpha value is -4.43. The third-order valence-corrected chi connectivity index (χ3v) is 5.99. The van der Waals surface area contributed by atoms with Gasteiger partial charge in [0.05, 0.1) is 0 Å². The lowest BCUT2D eigenvalue weighted by Crippen LogP contribution is -2.38. The highest BCUT2D eigenvalue weighted by molar-refractivity contribution is 5.90. The molecular weight excluding hydrogens is 470 g/mol. The van der Waals surface area contributed by atoms with Crippen molar-refractivity contribution in [1.29, 1.82) is 0 Å². The maximum Gasteiger partial charge on any atom is 0.412 e. The fraction of sp³-hybridized carbons (Fsp3) is 0.207. The summed E-state index contributed by atoms with van der Waals surface area (Å²) >= 11 is 0. The van der Waals surface area contributed by atoms with Gasteiger partial charge in [-0.2, -0.15) is 0 Å². The number of rotatable bonds is 10. The van der Waals surface area contributed by atoms with E-state index in [9.17, 15) is 14.7 Å². The van der Waals surface area contributed by atoms with E-state index in [0.29, 0.717) is 30.1 Å². The van der Waals surface area contributed by atoms with E-state index in [4.69, 9.17) is 9.26 Å². The van der Waals surface area contributed by atoms with E-state index in [1.807, 2.05) is 84.9 Å². The van der Waals surface area contributed by atoms with Crippen molar-refractivity contribution in [2.75, 3.05) is 5.32 Å². The zero-order chi connectivity index (χ0) is 26.2. The molecule has 190 valence electrons. The van der Waals surface area contributed by atoms with Gasteiger partial charge in [-0.3, -0.25) is 10.1 Å². The number of amides is 1. The molecule has 0 saturated carbocycles. The molecule has 0 aliphatic rings. The summed E-state index contributed by atoms with van der Waals surface area (Å²) in [4.78, 5) is 24.3. The van der Waals surface area contributed by atoms with Crippen LogP contribution in [0.2, 0.25) is 0 Å². The molecular formula is C29H29N3O5. The number of nitrogens with zero attached hydrogens (tertiary/aromatic N) is 1. The molecule has 4 aromatic rings. The Kier molecular flexibility index (Phi) is 8.33. The van der Waals surface area contributed by atoms with Crippen LogP contribution in [-0.4, -0.2) is 28.4 Å². The molecule has 8 heteroatoms. The van der Waals surface area contributed by atoms with E-state index in [1.165, 1.54) is 0 Å². The molecule has 4 rings (SSSR count). The first-order valence-corrected chi connectivity index (χ1v) is 12.0. The molecule has 0 fully saturated rings. The Morgan fingerprint density at radius 1 is 0.946 bits per heavy atom. The van der Waals surface area contributed by atoms with Gasteiger partial charge in [0, 0.05) is 12.1 Å². The second-order valence-corrected chi connectivity index (χ2v) is 8.71. The molecule has 2 atom stereocenters. The van der Waals surface area contributed by atoms with Crippen LogP contribution >= 0.6 is 0 Å². The van der Waals surface area contributed by atoms with Crippen molar-refractivity contribution in [2.45, 2.75) is 39.0 Å². The zero-order valence-corrected chi connectivity index (χ0v) is 20.7. The number of benzene rings is 3. The van der Waals surface area contributed by atoms with Gasteiger partial charge in [-0.05, 0) is 37.0 Å². The van der Waals surface area contributed by atoms with Gasteiger partial charge < -0.3 is 19.7 Å². The predicted octanol–water partition coefficient (Wildman–Crippen LogP) is 5.75. The van der Waals surface area contributed by atoms with Gasteiger partial charge in [-0.15, -0.1) is 0 Å². The number of hydrogen-bond acceptors (Lipinski definition) is 6. The summed E-state index contributed by atoms with van der Waals surface area (Å²) in [5.74, 6) is -0.490. The van der Waals surface area contributed by atoms with Crippen LogP contribution in [0.3, 0.4) is 0 Å². The lowest BCUT2D eigenvalue weighted by molar-refractivity contribution is -0.139. The fourth-order valence-corrected chi connectivity index (χ4v) is 3.91. The maximum absolute atomic E-state index is 12.6. The van der Waals surface area contributed by atoms with E-state index < -0.39 is 24.2 Å². The highest BCUT2D eigenvalue weighted by Gasteiger charge is 2.20. The highest BCUT2D eigenvalue weighted by atomic mass is 16.6. The van der Waals surface area contributed by atoms with E-state index >= 15 is 0 Å². The third-order valence-electron chi connectivity index (χ3n) is 5.99. The fourth-order valence-electron chi connectivity index (χ4n) is 3.91. The average Bonchev–Trinajstić information content (AvgIpc) is 3.27. The topological polar surface area (TPSA) is 114 Å². The number of carbonyl (C=O) groups is 2. The normalized spacial score (nSPS) is 12.5. The zero-order valence-electron chi connectivity index (χ0n) is 20.7. The molecule has 1 aromatic heterocycles. The number of aryl methyl sites for hydroxylation is 1. The van der Waals surface area contributed by atoms with Crippen LogP contribution in [-0.2, 0) is 22.5 Å². The molecule has 37 heavy (non-hydrogen) atoms. The Balaban J connectivity index is 1.39. The summed E-state index contributed by atoms with van der Waals surface area (Å²) < 4.78 is 11.0. The lowest BCUT2D eigenvalue weighted by atomic mass is 10.0. The maximum atomic E-state index is 12.6. The molecule has 0 aliphatic heterocycles. The number of aromatic nitrogens is 1. The molecule has 0 saturated heterocycles. The van der Waals surface area contributed by atoms with E-state index in [0.717, 1.165) is 22.3 Å². The van der Waals surface area contributed by atoms with Gasteiger partial charge in [0.1, 0.15) is 23.5 Å². The Morgan fingerprint density at radius 3 is 2.24 bits per heavy atom. The number of carboxylic acids is 1. The third kappa shape index (κ3) is 6.83. The number of carboxylic acid groups (broad SMARTS) is 1. The minimum Gasteiger partial charge on any atom is -0.480 e. The van der Waals surface area contributed by atoms with Gasteiger partial charge in [-0.25, -0.2) is 4.79 Å². The minimum atomic E-state index is -0.901. The first-order chi connectivity index (χ1) is 17.9. The molecule has 3 aromatic carbocycles. The van der Waals surface area contributed by atoms with Crippen LogP contribution < -0.4 is 10.6 Å². The van der Waals surface area contributed by atoms with E-state index in [-0.39, 0.29) is 0 Å². The largest absolute Gasteiger partial charge is 0.480 e. The van der Waals surface area contributed by atoms with Crippen LogP contribution in [0.25, 0.3) is 11.3 Å². The Morgan fingerprint density at radius 2 is 1.59 bits per heavy atom. The summed E-state index contributed by atoms with van der Waals surface area (Å²) in [6, 6.07) is 25.7. The van der Waals surface area contributed by atoms with Gasteiger partial charge in [0.15, 0.2) is 5.76 Å². The number of hydrogen-bond donors (Lipinski definition) is 3. The van der Waals surface area contributed by atoms with Gasteiger partial charge >= 0.3 is 12.1 Å². The molecule has 0 radical (unpaired) electrons. The average molecular weight is 500 g/mol. The van der Waals surface area contributed by atoms with Crippen molar-refractivity contribution in [3.05, 3.63) is 107 Å². The molecule has 8 nitrogen and oxygen atoms in total. The van der Waals surface area contributed by atoms with E-state index in [2.05, 4.69) is 15.8 Å². The summed E-state index contributed by atoms with van der Waals surface area (Å²) in [6.45, 7) is 3.92. The second kappa shape index (κ2) is 12.0. The first kappa shape index (κ1) is 25.7. The predicted molar refractivity (Wildman–Crippen MR) is 140 cm³/mol. The van der Waals surface area contributed by atoms with Gasteiger partial charge in [-0.1, -0.05) is 90.1 Å². The van der Waals surface area contributed by atoms with Crippen molar-refractivity contribution in [3.8, 4) is 11.3 Å². The monoisotopic (exact) mass is 499 g/mol. The second-order valence-electron chi connectivity index (χ2n) is 8.71. The molecule has 3 N–H and O–H groups in total. The summed E-state index contributed by atoms with van der Waals surface area (Å²) in [5.41, 5.74) is 4.42.